The second-order valence-corrected chi connectivity index (χ2v) is 4.93. The highest BCUT2D eigenvalue weighted by Crippen LogP contribution is 2.11. The van der Waals surface area contributed by atoms with Crippen LogP contribution in [0.3, 0.4) is 0 Å². The summed E-state index contributed by atoms with van der Waals surface area (Å²) in [5, 5.41) is 13.1. The normalized spacial score (nSPS) is 18.1. The molecule has 1 aliphatic heterocycles. The topological polar surface area (TPSA) is 65.2 Å². The van der Waals surface area contributed by atoms with Crippen LogP contribution in [0.4, 0.5) is 0 Å². The molecule has 102 valence electrons. The van der Waals surface area contributed by atoms with E-state index in [1.54, 1.807) is 11.7 Å². The minimum atomic E-state index is -0.0869. The number of hydrogen-bond donors (Lipinski definition) is 0. The molecular formula is C13H19N5O. The van der Waals surface area contributed by atoms with Gasteiger partial charge in [-0.1, -0.05) is 0 Å². The number of aryl methyl sites for hydroxylation is 2. The summed E-state index contributed by atoms with van der Waals surface area (Å²) in [5.41, 5.74) is 1.47. The molecular weight excluding hydrogens is 242 g/mol. The van der Waals surface area contributed by atoms with E-state index in [0.29, 0.717) is 18.8 Å². The number of nitriles is 1. The van der Waals surface area contributed by atoms with Crippen LogP contribution in [0.15, 0.2) is 6.07 Å². The highest BCUT2D eigenvalue weighted by atomic mass is 16.2. The maximum absolute atomic E-state index is 12.4. The first kappa shape index (κ1) is 13.6. The zero-order chi connectivity index (χ0) is 14.0. The molecule has 0 aliphatic carbocycles. The first-order valence-electron chi connectivity index (χ1n) is 6.46. The molecule has 1 unspecified atom stereocenters. The maximum Gasteiger partial charge on any atom is 0.272 e. The van der Waals surface area contributed by atoms with Gasteiger partial charge in [-0.3, -0.25) is 14.4 Å². The average molecular weight is 261 g/mol. The van der Waals surface area contributed by atoms with Crippen molar-refractivity contribution in [3.63, 3.8) is 0 Å². The standard InChI is InChI=1S/C13H19N5O/c1-10-8-12(16(3)15-10)13(19)18-6-4-17(5-7-18)11(2)9-14/h8,11H,4-7H2,1-3H3. The molecule has 1 aromatic heterocycles. The molecule has 0 radical (unpaired) electrons. The van der Waals surface area contributed by atoms with Crippen LogP contribution in [0.5, 0.6) is 0 Å². The number of carbonyl (C=O) groups excluding carboxylic acids is 1. The van der Waals surface area contributed by atoms with Gasteiger partial charge in [-0.2, -0.15) is 10.4 Å². The highest BCUT2D eigenvalue weighted by molar-refractivity contribution is 5.92. The third-order valence-corrected chi connectivity index (χ3v) is 3.56. The van der Waals surface area contributed by atoms with Crippen molar-refractivity contribution in [1.82, 2.24) is 19.6 Å². The Morgan fingerprint density at radius 2 is 2.05 bits per heavy atom. The lowest BCUT2D eigenvalue weighted by Gasteiger charge is -2.35. The molecule has 2 heterocycles. The molecule has 0 N–H and O–H groups in total. The average Bonchev–Trinajstić information content (AvgIpc) is 2.76. The number of piperazine rings is 1. The molecule has 19 heavy (non-hydrogen) atoms. The summed E-state index contributed by atoms with van der Waals surface area (Å²) < 4.78 is 1.63. The number of aromatic nitrogens is 2. The van der Waals surface area contributed by atoms with E-state index in [2.05, 4.69) is 16.1 Å². The predicted octanol–water partition coefficient (Wildman–Crippen LogP) is 0.398. The SMILES string of the molecule is Cc1cc(C(=O)N2CCN(C(C)C#N)CC2)n(C)n1. The molecule has 1 atom stereocenters. The van der Waals surface area contributed by atoms with Gasteiger partial charge < -0.3 is 4.90 Å². The molecule has 1 amide bonds. The summed E-state index contributed by atoms with van der Waals surface area (Å²) >= 11 is 0. The van der Waals surface area contributed by atoms with Crippen molar-refractivity contribution in [1.29, 1.82) is 5.26 Å². The predicted molar refractivity (Wildman–Crippen MR) is 70.5 cm³/mol. The first-order chi connectivity index (χ1) is 9.02. The largest absolute Gasteiger partial charge is 0.335 e. The van der Waals surface area contributed by atoms with Crippen molar-refractivity contribution in [2.75, 3.05) is 26.2 Å². The monoisotopic (exact) mass is 261 g/mol. The quantitative estimate of drug-likeness (QED) is 0.773. The zero-order valence-electron chi connectivity index (χ0n) is 11.6. The van der Waals surface area contributed by atoms with Crippen molar-refractivity contribution in [2.45, 2.75) is 19.9 Å². The van der Waals surface area contributed by atoms with E-state index >= 15 is 0 Å². The molecule has 1 saturated heterocycles. The Bertz CT molecular complexity index is 508. The lowest BCUT2D eigenvalue weighted by atomic mass is 10.2. The molecule has 6 nitrogen and oxygen atoms in total. The summed E-state index contributed by atoms with van der Waals surface area (Å²) in [4.78, 5) is 16.3. The van der Waals surface area contributed by atoms with E-state index < -0.39 is 0 Å². The van der Waals surface area contributed by atoms with Crippen LogP contribution in [-0.2, 0) is 7.05 Å². The van der Waals surface area contributed by atoms with Gasteiger partial charge in [0.25, 0.3) is 5.91 Å². The Morgan fingerprint density at radius 1 is 1.42 bits per heavy atom. The highest BCUT2D eigenvalue weighted by Gasteiger charge is 2.26. The van der Waals surface area contributed by atoms with Crippen molar-refractivity contribution in [3.8, 4) is 6.07 Å². The van der Waals surface area contributed by atoms with E-state index in [4.69, 9.17) is 5.26 Å². The van der Waals surface area contributed by atoms with Crippen molar-refractivity contribution < 1.29 is 4.79 Å². The lowest BCUT2D eigenvalue weighted by molar-refractivity contribution is 0.0605. The molecule has 0 bridgehead atoms. The lowest BCUT2D eigenvalue weighted by Crippen LogP contribution is -2.51. The number of rotatable bonds is 2. The number of hydrogen-bond acceptors (Lipinski definition) is 4. The van der Waals surface area contributed by atoms with Crippen LogP contribution in [0.25, 0.3) is 0 Å². The van der Waals surface area contributed by atoms with Gasteiger partial charge in [0, 0.05) is 33.2 Å². The zero-order valence-corrected chi connectivity index (χ0v) is 11.6. The molecule has 6 heteroatoms. The van der Waals surface area contributed by atoms with E-state index in [0.717, 1.165) is 18.8 Å². The Labute approximate surface area is 113 Å². The molecule has 0 saturated carbocycles. The van der Waals surface area contributed by atoms with Crippen LogP contribution in [0, 0.1) is 18.3 Å². The van der Waals surface area contributed by atoms with Crippen LogP contribution < -0.4 is 0 Å². The summed E-state index contributed by atoms with van der Waals surface area (Å²) in [5.74, 6) is 0.0207. The van der Waals surface area contributed by atoms with Crippen molar-refractivity contribution in [2.24, 2.45) is 7.05 Å². The van der Waals surface area contributed by atoms with Crippen molar-refractivity contribution in [3.05, 3.63) is 17.5 Å². The summed E-state index contributed by atoms with van der Waals surface area (Å²) in [6, 6.07) is 3.96. The minimum Gasteiger partial charge on any atom is -0.335 e. The Hall–Kier alpha value is -1.87. The molecule has 1 aliphatic rings. The third-order valence-electron chi connectivity index (χ3n) is 3.56. The smallest absolute Gasteiger partial charge is 0.272 e. The fourth-order valence-corrected chi connectivity index (χ4v) is 2.37. The Morgan fingerprint density at radius 3 is 2.53 bits per heavy atom. The van der Waals surface area contributed by atoms with Gasteiger partial charge in [0.15, 0.2) is 0 Å². The van der Waals surface area contributed by atoms with Gasteiger partial charge in [0.05, 0.1) is 17.8 Å². The number of nitrogens with zero attached hydrogens (tertiary/aromatic N) is 5. The second kappa shape index (κ2) is 5.41. The fraction of sp³-hybridized carbons (Fsp3) is 0.615. The Kier molecular flexibility index (Phi) is 3.86. The summed E-state index contributed by atoms with van der Waals surface area (Å²) in [6.45, 7) is 6.59. The van der Waals surface area contributed by atoms with Crippen LogP contribution in [0.1, 0.15) is 23.1 Å². The van der Waals surface area contributed by atoms with E-state index in [1.165, 1.54) is 0 Å². The van der Waals surface area contributed by atoms with Gasteiger partial charge in [0.1, 0.15) is 5.69 Å². The maximum atomic E-state index is 12.4. The molecule has 1 fully saturated rings. The third kappa shape index (κ3) is 2.76. The fourth-order valence-electron chi connectivity index (χ4n) is 2.37. The van der Waals surface area contributed by atoms with Gasteiger partial charge in [-0.05, 0) is 19.9 Å². The van der Waals surface area contributed by atoms with Crippen LogP contribution in [0.2, 0.25) is 0 Å². The Balaban J connectivity index is 2.00. The van der Waals surface area contributed by atoms with E-state index in [9.17, 15) is 4.79 Å². The number of amides is 1. The number of carbonyl (C=O) groups is 1. The van der Waals surface area contributed by atoms with E-state index in [-0.39, 0.29) is 11.9 Å². The first-order valence-corrected chi connectivity index (χ1v) is 6.46. The second-order valence-electron chi connectivity index (χ2n) is 4.93. The molecule has 2 rings (SSSR count). The van der Waals surface area contributed by atoms with Crippen LogP contribution >= 0.6 is 0 Å². The minimum absolute atomic E-state index is 0.0207. The summed E-state index contributed by atoms with van der Waals surface area (Å²) in [7, 11) is 1.79. The van der Waals surface area contributed by atoms with Gasteiger partial charge in [-0.15, -0.1) is 0 Å². The van der Waals surface area contributed by atoms with Gasteiger partial charge in [-0.25, -0.2) is 0 Å². The molecule has 0 aromatic carbocycles. The van der Waals surface area contributed by atoms with Crippen LogP contribution in [-0.4, -0.2) is 57.7 Å². The summed E-state index contributed by atoms with van der Waals surface area (Å²) in [6.07, 6.45) is 0. The molecule has 1 aromatic rings. The molecule has 0 spiro atoms. The van der Waals surface area contributed by atoms with Crippen molar-refractivity contribution >= 4 is 5.91 Å². The van der Waals surface area contributed by atoms with Gasteiger partial charge in [0.2, 0.25) is 0 Å². The van der Waals surface area contributed by atoms with E-state index in [1.807, 2.05) is 24.8 Å². The van der Waals surface area contributed by atoms with Gasteiger partial charge >= 0.3 is 0 Å².